The van der Waals surface area contributed by atoms with Gasteiger partial charge in [0, 0.05) is 19.9 Å². The third kappa shape index (κ3) is 3.06. The van der Waals surface area contributed by atoms with Gasteiger partial charge in [0.25, 0.3) is 0 Å². The minimum Gasteiger partial charge on any atom is -0.507 e. The summed E-state index contributed by atoms with van der Waals surface area (Å²) in [5.74, 6) is 0.0854. The van der Waals surface area contributed by atoms with Gasteiger partial charge in [-0.05, 0) is 30.4 Å². The number of methoxy groups -OCH3 is 2. The van der Waals surface area contributed by atoms with Crippen molar-refractivity contribution < 1.29 is 14.6 Å². The van der Waals surface area contributed by atoms with Crippen LogP contribution < -0.4 is 11.1 Å². The molecular weight excluding hydrogens is 228 g/mol. The van der Waals surface area contributed by atoms with Crippen LogP contribution in [0.15, 0.2) is 18.2 Å². The Morgan fingerprint density at radius 3 is 2.56 bits per heavy atom. The summed E-state index contributed by atoms with van der Waals surface area (Å²) in [5, 5.41) is 12.6. The van der Waals surface area contributed by atoms with Crippen molar-refractivity contribution in [3.63, 3.8) is 0 Å². The third-order valence-electron chi connectivity index (χ3n) is 1.98. The molecule has 0 radical (unpaired) electrons. The number of hydrogen-bond acceptors (Lipinski definition) is 4. The lowest BCUT2D eigenvalue weighted by Gasteiger charge is -2.16. The molecule has 5 nitrogen and oxygen atoms in total. The smallest absolute Gasteiger partial charge is 0.186 e. The molecule has 0 heterocycles. The fraction of sp³-hybridized carbons (Fsp3) is 0.300. The van der Waals surface area contributed by atoms with E-state index in [2.05, 4.69) is 5.32 Å². The number of phenols is 1. The largest absolute Gasteiger partial charge is 0.507 e. The summed E-state index contributed by atoms with van der Waals surface area (Å²) in [6, 6.07) is 4.83. The van der Waals surface area contributed by atoms with Crippen molar-refractivity contribution in [2.45, 2.75) is 6.29 Å². The summed E-state index contributed by atoms with van der Waals surface area (Å²) in [4.78, 5) is 0. The molecule has 0 saturated heterocycles. The molecular formula is C10H14N2O3S. The van der Waals surface area contributed by atoms with Gasteiger partial charge < -0.3 is 25.6 Å². The lowest BCUT2D eigenvalue weighted by atomic mass is 10.1. The quantitative estimate of drug-likeness (QED) is 0.420. The van der Waals surface area contributed by atoms with Gasteiger partial charge in [0.05, 0.1) is 5.56 Å². The van der Waals surface area contributed by atoms with Gasteiger partial charge in [-0.2, -0.15) is 0 Å². The standard InChI is InChI=1S/C10H14N2O3S/c1-14-9(15-2)7-5-6(12-10(11)16)3-4-8(7)13/h3-5,9,13H,1-2H3,(H3,11,12,16). The highest BCUT2D eigenvalue weighted by Crippen LogP contribution is 2.29. The molecule has 0 aliphatic rings. The van der Waals surface area contributed by atoms with Crippen LogP contribution >= 0.6 is 12.2 Å². The van der Waals surface area contributed by atoms with Gasteiger partial charge in [0.2, 0.25) is 0 Å². The first-order valence-electron chi connectivity index (χ1n) is 4.53. The number of aromatic hydroxyl groups is 1. The zero-order chi connectivity index (χ0) is 12.1. The van der Waals surface area contributed by atoms with Crippen LogP contribution in [0.4, 0.5) is 5.69 Å². The number of nitrogens with two attached hydrogens (primary N) is 1. The highest BCUT2D eigenvalue weighted by Gasteiger charge is 2.14. The van der Waals surface area contributed by atoms with E-state index in [1.165, 1.54) is 20.3 Å². The molecule has 1 rings (SSSR count). The molecule has 16 heavy (non-hydrogen) atoms. The number of benzene rings is 1. The van der Waals surface area contributed by atoms with Crippen LogP contribution in [0.5, 0.6) is 5.75 Å². The van der Waals surface area contributed by atoms with E-state index >= 15 is 0 Å². The van der Waals surface area contributed by atoms with Crippen LogP contribution in [-0.2, 0) is 9.47 Å². The molecule has 0 amide bonds. The van der Waals surface area contributed by atoms with Crippen molar-refractivity contribution in [3.05, 3.63) is 23.8 Å². The van der Waals surface area contributed by atoms with E-state index in [4.69, 9.17) is 27.4 Å². The van der Waals surface area contributed by atoms with E-state index in [1.807, 2.05) is 0 Å². The van der Waals surface area contributed by atoms with Crippen molar-refractivity contribution in [2.75, 3.05) is 19.5 Å². The van der Waals surface area contributed by atoms with Crippen LogP contribution in [0.1, 0.15) is 11.9 Å². The third-order valence-corrected chi connectivity index (χ3v) is 2.08. The molecule has 0 unspecified atom stereocenters. The maximum absolute atomic E-state index is 9.65. The van der Waals surface area contributed by atoms with Crippen molar-refractivity contribution >= 4 is 23.0 Å². The maximum Gasteiger partial charge on any atom is 0.186 e. The van der Waals surface area contributed by atoms with Crippen LogP contribution in [0.25, 0.3) is 0 Å². The molecule has 0 saturated carbocycles. The highest BCUT2D eigenvalue weighted by atomic mass is 32.1. The van der Waals surface area contributed by atoms with Crippen LogP contribution in [0, 0.1) is 0 Å². The zero-order valence-corrected chi connectivity index (χ0v) is 9.88. The number of anilines is 1. The van der Waals surface area contributed by atoms with Gasteiger partial charge in [-0.25, -0.2) is 0 Å². The van der Waals surface area contributed by atoms with E-state index in [9.17, 15) is 5.11 Å². The second-order valence-electron chi connectivity index (χ2n) is 3.07. The van der Waals surface area contributed by atoms with Crippen LogP contribution in [0.2, 0.25) is 0 Å². The first kappa shape index (κ1) is 12.7. The molecule has 0 aliphatic carbocycles. The van der Waals surface area contributed by atoms with Gasteiger partial charge in [0.15, 0.2) is 11.4 Å². The van der Waals surface area contributed by atoms with Crippen molar-refractivity contribution in [1.29, 1.82) is 0 Å². The van der Waals surface area contributed by atoms with Gasteiger partial charge in [0.1, 0.15) is 5.75 Å². The molecule has 88 valence electrons. The Labute approximate surface area is 99.2 Å². The Morgan fingerprint density at radius 2 is 2.06 bits per heavy atom. The van der Waals surface area contributed by atoms with E-state index < -0.39 is 6.29 Å². The average molecular weight is 242 g/mol. The maximum atomic E-state index is 9.65. The van der Waals surface area contributed by atoms with Crippen molar-refractivity contribution in [1.82, 2.24) is 0 Å². The number of phenolic OH excluding ortho intramolecular Hbond substituents is 1. The number of ether oxygens (including phenoxy) is 2. The first-order chi connectivity index (χ1) is 7.58. The fourth-order valence-electron chi connectivity index (χ4n) is 1.31. The summed E-state index contributed by atoms with van der Waals surface area (Å²) in [7, 11) is 2.97. The summed E-state index contributed by atoms with van der Waals surface area (Å²) >= 11 is 4.72. The predicted molar refractivity (Wildman–Crippen MR) is 65.3 cm³/mol. The minimum absolute atomic E-state index is 0.0854. The average Bonchev–Trinajstić information content (AvgIpc) is 2.23. The predicted octanol–water partition coefficient (Wildman–Crippen LogP) is 1.34. The number of rotatable bonds is 4. The SMILES string of the molecule is COC(OC)c1cc(NC(N)=S)ccc1O. The summed E-state index contributed by atoms with van der Waals surface area (Å²) in [5.41, 5.74) is 6.52. The van der Waals surface area contributed by atoms with Crippen LogP contribution in [0.3, 0.4) is 0 Å². The van der Waals surface area contributed by atoms with E-state index in [0.717, 1.165) is 0 Å². The molecule has 6 heteroatoms. The monoisotopic (exact) mass is 242 g/mol. The van der Waals surface area contributed by atoms with Gasteiger partial charge >= 0.3 is 0 Å². The molecule has 0 fully saturated rings. The summed E-state index contributed by atoms with van der Waals surface area (Å²) in [6.45, 7) is 0. The lowest BCUT2D eigenvalue weighted by molar-refractivity contribution is -0.106. The molecule has 4 N–H and O–H groups in total. The molecule has 0 spiro atoms. The van der Waals surface area contributed by atoms with E-state index in [0.29, 0.717) is 11.3 Å². The normalized spacial score (nSPS) is 10.4. The molecule has 0 bridgehead atoms. The first-order valence-corrected chi connectivity index (χ1v) is 4.94. The zero-order valence-electron chi connectivity index (χ0n) is 9.06. The minimum atomic E-state index is -0.631. The Morgan fingerprint density at radius 1 is 1.44 bits per heavy atom. The highest BCUT2D eigenvalue weighted by molar-refractivity contribution is 7.80. The van der Waals surface area contributed by atoms with Gasteiger partial charge in [-0.3, -0.25) is 0 Å². The molecule has 0 atom stereocenters. The Balaban J connectivity index is 3.02. The number of nitrogens with one attached hydrogen (secondary N) is 1. The molecule has 1 aromatic carbocycles. The van der Waals surface area contributed by atoms with Crippen LogP contribution in [-0.4, -0.2) is 24.4 Å². The van der Waals surface area contributed by atoms with Crippen molar-refractivity contribution in [2.24, 2.45) is 5.73 Å². The number of thiocarbonyl (C=S) groups is 1. The second kappa shape index (κ2) is 5.64. The molecule has 1 aromatic rings. The van der Waals surface area contributed by atoms with Gasteiger partial charge in [-0.15, -0.1) is 0 Å². The number of hydrogen-bond donors (Lipinski definition) is 3. The Bertz CT molecular complexity index is 380. The topological polar surface area (TPSA) is 76.7 Å². The summed E-state index contributed by atoms with van der Waals surface area (Å²) in [6.07, 6.45) is -0.631. The molecule has 0 aromatic heterocycles. The lowest BCUT2D eigenvalue weighted by Crippen LogP contribution is -2.19. The Hall–Kier alpha value is -1.37. The Kier molecular flexibility index (Phi) is 4.48. The van der Waals surface area contributed by atoms with E-state index in [1.54, 1.807) is 12.1 Å². The fourth-order valence-corrected chi connectivity index (χ4v) is 1.43. The van der Waals surface area contributed by atoms with E-state index in [-0.39, 0.29) is 10.9 Å². The summed E-state index contributed by atoms with van der Waals surface area (Å²) < 4.78 is 10.1. The second-order valence-corrected chi connectivity index (χ2v) is 3.51. The van der Waals surface area contributed by atoms with Crippen molar-refractivity contribution in [3.8, 4) is 5.75 Å². The van der Waals surface area contributed by atoms with Gasteiger partial charge in [-0.1, -0.05) is 0 Å². The molecule has 0 aliphatic heterocycles.